The predicted molar refractivity (Wildman–Crippen MR) is 73.3 cm³/mol. The van der Waals surface area contributed by atoms with Crippen molar-refractivity contribution in [2.24, 2.45) is 5.73 Å². The van der Waals surface area contributed by atoms with Crippen molar-refractivity contribution in [1.29, 1.82) is 0 Å². The molecule has 4 nitrogen and oxygen atoms in total. The van der Waals surface area contributed by atoms with Gasteiger partial charge in [0, 0.05) is 12.6 Å². The van der Waals surface area contributed by atoms with Gasteiger partial charge >= 0.3 is 0 Å². The van der Waals surface area contributed by atoms with E-state index in [1.165, 1.54) is 0 Å². The Balaban J connectivity index is 2.83. The monoisotopic (exact) mass is 254 g/mol. The van der Waals surface area contributed by atoms with E-state index in [-0.39, 0.29) is 18.7 Å². The highest BCUT2D eigenvalue weighted by Crippen LogP contribution is 2.25. The van der Waals surface area contributed by atoms with Gasteiger partial charge in [0.05, 0.1) is 18.9 Å². The molecule has 0 aliphatic heterocycles. The summed E-state index contributed by atoms with van der Waals surface area (Å²) in [4.78, 5) is 2.23. The standard InChI is InChI=1S/C14H26N2O2/c1-3-5-8-16(9-10-17)14(12(15)4-2)13-7-6-11-18-13/h6-7,11-12,14,17H,3-5,8-10,15H2,1-2H3. The minimum atomic E-state index is 0.0274. The van der Waals surface area contributed by atoms with Gasteiger partial charge in [0.15, 0.2) is 0 Å². The van der Waals surface area contributed by atoms with Gasteiger partial charge in [-0.25, -0.2) is 0 Å². The third-order valence-corrected chi connectivity index (χ3v) is 3.29. The van der Waals surface area contributed by atoms with Crippen molar-refractivity contribution in [3.05, 3.63) is 24.2 Å². The van der Waals surface area contributed by atoms with Crippen LogP contribution < -0.4 is 5.73 Å². The first-order chi connectivity index (χ1) is 8.74. The molecule has 0 saturated heterocycles. The number of nitrogens with two attached hydrogens (primary N) is 1. The predicted octanol–water partition coefficient (Wildman–Crippen LogP) is 2.15. The van der Waals surface area contributed by atoms with Crippen LogP contribution in [0.15, 0.2) is 22.8 Å². The Bertz CT molecular complexity index is 301. The van der Waals surface area contributed by atoms with Crippen molar-refractivity contribution in [2.45, 2.75) is 45.2 Å². The average Bonchev–Trinajstić information content (AvgIpc) is 2.89. The van der Waals surface area contributed by atoms with Crippen LogP contribution >= 0.6 is 0 Å². The second-order valence-corrected chi connectivity index (χ2v) is 4.65. The van der Waals surface area contributed by atoms with Crippen LogP contribution in [0.1, 0.15) is 44.9 Å². The summed E-state index contributed by atoms with van der Waals surface area (Å²) in [5.74, 6) is 0.897. The van der Waals surface area contributed by atoms with Crippen LogP contribution in [0.3, 0.4) is 0 Å². The molecule has 0 aliphatic carbocycles. The molecule has 2 atom stereocenters. The minimum absolute atomic E-state index is 0.0274. The summed E-state index contributed by atoms with van der Waals surface area (Å²) < 4.78 is 5.52. The van der Waals surface area contributed by atoms with E-state index < -0.39 is 0 Å². The van der Waals surface area contributed by atoms with E-state index in [9.17, 15) is 5.11 Å². The van der Waals surface area contributed by atoms with Crippen LogP contribution in [0.4, 0.5) is 0 Å². The Morgan fingerprint density at radius 3 is 2.67 bits per heavy atom. The van der Waals surface area contributed by atoms with E-state index >= 15 is 0 Å². The molecule has 0 radical (unpaired) electrons. The van der Waals surface area contributed by atoms with Gasteiger partial charge in [0.25, 0.3) is 0 Å². The Morgan fingerprint density at radius 1 is 1.39 bits per heavy atom. The first kappa shape index (κ1) is 15.2. The van der Waals surface area contributed by atoms with Gasteiger partial charge in [0.2, 0.25) is 0 Å². The zero-order valence-electron chi connectivity index (χ0n) is 11.5. The largest absolute Gasteiger partial charge is 0.468 e. The average molecular weight is 254 g/mol. The fourth-order valence-electron chi connectivity index (χ4n) is 2.22. The number of aliphatic hydroxyl groups excluding tert-OH is 1. The summed E-state index contributed by atoms with van der Waals surface area (Å²) in [6.07, 6.45) is 4.81. The molecular weight excluding hydrogens is 228 g/mol. The van der Waals surface area contributed by atoms with E-state index in [1.807, 2.05) is 12.1 Å². The van der Waals surface area contributed by atoms with E-state index in [0.717, 1.165) is 31.6 Å². The number of rotatable bonds is 9. The van der Waals surface area contributed by atoms with Gasteiger partial charge in [0.1, 0.15) is 5.76 Å². The van der Waals surface area contributed by atoms with Crippen molar-refractivity contribution in [1.82, 2.24) is 4.90 Å². The molecule has 0 aromatic carbocycles. The van der Waals surface area contributed by atoms with Gasteiger partial charge in [-0.15, -0.1) is 0 Å². The summed E-state index contributed by atoms with van der Waals surface area (Å²) in [6, 6.07) is 3.95. The van der Waals surface area contributed by atoms with Gasteiger partial charge in [-0.1, -0.05) is 20.3 Å². The zero-order valence-corrected chi connectivity index (χ0v) is 11.5. The van der Waals surface area contributed by atoms with Gasteiger partial charge < -0.3 is 15.3 Å². The van der Waals surface area contributed by atoms with Gasteiger partial charge in [-0.2, -0.15) is 0 Å². The summed E-state index contributed by atoms with van der Waals surface area (Å²) in [7, 11) is 0. The lowest BCUT2D eigenvalue weighted by Gasteiger charge is -2.33. The topological polar surface area (TPSA) is 62.6 Å². The Morgan fingerprint density at radius 2 is 2.17 bits per heavy atom. The lowest BCUT2D eigenvalue weighted by atomic mass is 10.0. The summed E-state index contributed by atoms with van der Waals surface area (Å²) >= 11 is 0. The van der Waals surface area contributed by atoms with E-state index in [2.05, 4.69) is 18.7 Å². The third kappa shape index (κ3) is 4.12. The molecule has 1 rings (SSSR count). The highest BCUT2D eigenvalue weighted by molar-refractivity contribution is 5.08. The number of hydrogen-bond donors (Lipinski definition) is 2. The second kappa shape index (κ2) is 8.29. The molecule has 0 fully saturated rings. The molecule has 0 spiro atoms. The normalized spacial score (nSPS) is 14.9. The van der Waals surface area contributed by atoms with E-state index in [1.54, 1.807) is 6.26 Å². The van der Waals surface area contributed by atoms with Crippen LogP contribution in [-0.2, 0) is 0 Å². The molecule has 4 heteroatoms. The Hall–Kier alpha value is -0.840. The van der Waals surface area contributed by atoms with Crippen LogP contribution in [0.5, 0.6) is 0 Å². The first-order valence-electron chi connectivity index (χ1n) is 6.88. The van der Waals surface area contributed by atoms with E-state index in [4.69, 9.17) is 10.2 Å². The molecule has 104 valence electrons. The number of unbranched alkanes of at least 4 members (excludes halogenated alkanes) is 1. The number of furan rings is 1. The molecule has 3 N–H and O–H groups in total. The molecule has 0 amide bonds. The second-order valence-electron chi connectivity index (χ2n) is 4.65. The number of nitrogens with zero attached hydrogens (tertiary/aromatic N) is 1. The summed E-state index contributed by atoms with van der Waals surface area (Å²) in [5, 5.41) is 9.22. The molecule has 1 aromatic heterocycles. The molecule has 0 saturated carbocycles. The van der Waals surface area contributed by atoms with Crippen LogP contribution in [0.25, 0.3) is 0 Å². The smallest absolute Gasteiger partial charge is 0.122 e. The molecule has 0 bridgehead atoms. The Labute approximate surface area is 110 Å². The highest BCUT2D eigenvalue weighted by Gasteiger charge is 2.27. The number of aliphatic hydroxyl groups is 1. The van der Waals surface area contributed by atoms with Gasteiger partial charge in [-0.3, -0.25) is 4.90 Å². The molecule has 1 heterocycles. The maximum Gasteiger partial charge on any atom is 0.122 e. The lowest BCUT2D eigenvalue weighted by molar-refractivity contribution is 0.116. The maximum atomic E-state index is 9.22. The van der Waals surface area contributed by atoms with Crippen molar-refractivity contribution in [3.8, 4) is 0 Å². The number of hydrogen-bond acceptors (Lipinski definition) is 4. The molecule has 0 aliphatic rings. The Kier molecular flexibility index (Phi) is 7.01. The van der Waals surface area contributed by atoms with Gasteiger partial charge in [-0.05, 0) is 31.5 Å². The van der Waals surface area contributed by atoms with Crippen LogP contribution in [-0.4, -0.2) is 35.7 Å². The van der Waals surface area contributed by atoms with Crippen LogP contribution in [0, 0.1) is 0 Å². The van der Waals surface area contributed by atoms with Crippen molar-refractivity contribution < 1.29 is 9.52 Å². The SMILES string of the molecule is CCCCN(CCO)C(c1ccco1)C(N)CC. The van der Waals surface area contributed by atoms with Crippen LogP contribution in [0.2, 0.25) is 0 Å². The minimum Gasteiger partial charge on any atom is -0.468 e. The lowest BCUT2D eigenvalue weighted by Crippen LogP contribution is -2.42. The molecular formula is C14H26N2O2. The molecule has 1 aromatic rings. The van der Waals surface area contributed by atoms with Crippen molar-refractivity contribution >= 4 is 0 Å². The fourth-order valence-corrected chi connectivity index (χ4v) is 2.22. The quantitative estimate of drug-likeness (QED) is 0.709. The van der Waals surface area contributed by atoms with Crippen molar-refractivity contribution in [3.63, 3.8) is 0 Å². The highest BCUT2D eigenvalue weighted by atomic mass is 16.3. The summed E-state index contributed by atoms with van der Waals surface area (Å²) in [6.45, 7) is 5.98. The fraction of sp³-hybridized carbons (Fsp3) is 0.714. The third-order valence-electron chi connectivity index (χ3n) is 3.29. The maximum absolute atomic E-state index is 9.22. The van der Waals surface area contributed by atoms with Crippen molar-refractivity contribution in [2.75, 3.05) is 19.7 Å². The zero-order chi connectivity index (χ0) is 13.4. The summed E-state index contributed by atoms with van der Waals surface area (Å²) in [5.41, 5.74) is 6.23. The van der Waals surface area contributed by atoms with E-state index in [0.29, 0.717) is 6.54 Å². The molecule has 2 unspecified atom stereocenters. The first-order valence-corrected chi connectivity index (χ1v) is 6.88. The molecule has 18 heavy (non-hydrogen) atoms.